The van der Waals surface area contributed by atoms with Gasteiger partial charge in [-0.2, -0.15) is 13.2 Å². The molecule has 154 valence electrons. The molecular formula is C20H20F3N3O2S. The highest BCUT2D eigenvalue weighted by Crippen LogP contribution is 2.29. The van der Waals surface area contributed by atoms with Crippen molar-refractivity contribution in [3.8, 4) is 0 Å². The van der Waals surface area contributed by atoms with Crippen LogP contribution in [0, 0.1) is 0 Å². The Balaban J connectivity index is 1.45. The second kappa shape index (κ2) is 9.30. The van der Waals surface area contributed by atoms with Gasteiger partial charge in [0, 0.05) is 43.7 Å². The Labute approximate surface area is 170 Å². The first kappa shape index (κ1) is 21.2. The molecule has 0 spiro atoms. The van der Waals surface area contributed by atoms with E-state index in [1.807, 2.05) is 18.2 Å². The van der Waals surface area contributed by atoms with Gasteiger partial charge >= 0.3 is 6.18 Å². The third kappa shape index (κ3) is 5.72. The monoisotopic (exact) mass is 423 g/mol. The summed E-state index contributed by atoms with van der Waals surface area (Å²) in [6.07, 6.45) is -2.72. The molecule has 2 amide bonds. The third-order valence-electron chi connectivity index (χ3n) is 4.58. The van der Waals surface area contributed by atoms with Gasteiger partial charge in [-0.3, -0.25) is 14.6 Å². The van der Waals surface area contributed by atoms with Crippen LogP contribution in [-0.2, 0) is 16.7 Å². The van der Waals surface area contributed by atoms with Crippen LogP contribution < -0.4 is 0 Å². The minimum absolute atomic E-state index is 0.00700. The number of pyridine rings is 1. The van der Waals surface area contributed by atoms with Crippen LogP contribution in [0.5, 0.6) is 0 Å². The van der Waals surface area contributed by atoms with Gasteiger partial charge in [-0.15, -0.1) is 11.8 Å². The van der Waals surface area contributed by atoms with Crippen molar-refractivity contribution in [2.75, 3.05) is 31.9 Å². The SMILES string of the molecule is O=C(CSCc1ccccn1)N1CCN(C(=O)c2ccc(C(F)(F)F)cc2)CC1. The molecule has 29 heavy (non-hydrogen) atoms. The van der Waals surface area contributed by atoms with Gasteiger partial charge in [-0.25, -0.2) is 0 Å². The number of alkyl halides is 3. The molecule has 0 saturated carbocycles. The van der Waals surface area contributed by atoms with Crippen molar-refractivity contribution in [1.82, 2.24) is 14.8 Å². The van der Waals surface area contributed by atoms with E-state index >= 15 is 0 Å². The summed E-state index contributed by atoms with van der Waals surface area (Å²) in [5.41, 5.74) is 0.341. The largest absolute Gasteiger partial charge is 0.416 e. The number of halogens is 3. The molecule has 0 N–H and O–H groups in total. The lowest BCUT2D eigenvalue weighted by atomic mass is 10.1. The highest BCUT2D eigenvalue weighted by molar-refractivity contribution is 7.99. The molecule has 1 aliphatic heterocycles. The van der Waals surface area contributed by atoms with Gasteiger partial charge in [0.1, 0.15) is 0 Å². The summed E-state index contributed by atoms with van der Waals surface area (Å²) < 4.78 is 37.9. The number of benzene rings is 1. The Kier molecular flexibility index (Phi) is 6.79. The third-order valence-corrected chi connectivity index (χ3v) is 5.53. The number of thioether (sulfide) groups is 1. The molecule has 2 aromatic rings. The van der Waals surface area contributed by atoms with Crippen molar-refractivity contribution in [3.05, 3.63) is 65.5 Å². The van der Waals surface area contributed by atoms with Crippen LogP contribution in [0.4, 0.5) is 13.2 Å². The van der Waals surface area contributed by atoms with E-state index in [1.54, 1.807) is 16.0 Å². The van der Waals surface area contributed by atoms with Gasteiger partial charge in [0.05, 0.1) is 17.0 Å². The number of amides is 2. The molecule has 0 radical (unpaired) electrons. The van der Waals surface area contributed by atoms with E-state index in [-0.39, 0.29) is 17.4 Å². The standard InChI is InChI=1S/C20H20F3N3O2S/c21-20(22,23)16-6-4-15(5-7-16)19(28)26-11-9-25(10-12-26)18(27)14-29-13-17-3-1-2-8-24-17/h1-8H,9-14H2. The van der Waals surface area contributed by atoms with Crippen LogP contribution in [0.15, 0.2) is 48.7 Å². The van der Waals surface area contributed by atoms with Crippen molar-refractivity contribution in [2.45, 2.75) is 11.9 Å². The zero-order valence-corrected chi connectivity index (χ0v) is 16.4. The Morgan fingerprint density at radius 3 is 2.21 bits per heavy atom. The number of nitrogens with zero attached hydrogens (tertiary/aromatic N) is 3. The van der Waals surface area contributed by atoms with Gasteiger partial charge in [0.25, 0.3) is 5.91 Å². The summed E-state index contributed by atoms with van der Waals surface area (Å²) in [4.78, 5) is 32.3. The summed E-state index contributed by atoms with van der Waals surface area (Å²) in [5.74, 6) is 0.672. The molecule has 1 fully saturated rings. The number of carbonyl (C=O) groups is 2. The maximum atomic E-state index is 12.6. The van der Waals surface area contributed by atoms with Crippen LogP contribution in [0.1, 0.15) is 21.6 Å². The maximum absolute atomic E-state index is 12.6. The van der Waals surface area contributed by atoms with E-state index in [2.05, 4.69) is 4.98 Å². The molecule has 1 aliphatic rings. The number of hydrogen-bond acceptors (Lipinski definition) is 4. The average Bonchev–Trinajstić information content (AvgIpc) is 2.73. The van der Waals surface area contributed by atoms with Crippen LogP contribution in [0.3, 0.4) is 0 Å². The molecule has 1 aromatic carbocycles. The van der Waals surface area contributed by atoms with Gasteiger partial charge in [-0.05, 0) is 36.4 Å². The molecule has 2 heterocycles. The number of piperazine rings is 1. The second-order valence-electron chi connectivity index (χ2n) is 6.56. The number of carbonyl (C=O) groups excluding carboxylic acids is 2. The lowest BCUT2D eigenvalue weighted by molar-refractivity contribution is -0.137. The smallest absolute Gasteiger partial charge is 0.338 e. The van der Waals surface area contributed by atoms with Crippen LogP contribution in [-0.4, -0.2) is 58.5 Å². The second-order valence-corrected chi connectivity index (χ2v) is 7.55. The lowest BCUT2D eigenvalue weighted by Crippen LogP contribution is -2.51. The van der Waals surface area contributed by atoms with Crippen molar-refractivity contribution >= 4 is 23.6 Å². The van der Waals surface area contributed by atoms with Gasteiger partial charge in [-0.1, -0.05) is 6.07 Å². The highest BCUT2D eigenvalue weighted by atomic mass is 32.2. The van der Waals surface area contributed by atoms with Crippen molar-refractivity contribution in [3.63, 3.8) is 0 Å². The van der Waals surface area contributed by atoms with E-state index in [0.717, 1.165) is 17.8 Å². The number of aromatic nitrogens is 1. The van der Waals surface area contributed by atoms with E-state index in [9.17, 15) is 22.8 Å². The molecule has 1 aromatic heterocycles. The topological polar surface area (TPSA) is 53.5 Å². The molecule has 0 unspecified atom stereocenters. The molecule has 0 bridgehead atoms. The first-order chi connectivity index (χ1) is 13.8. The minimum Gasteiger partial charge on any atom is -0.338 e. The first-order valence-corrected chi connectivity index (χ1v) is 10.2. The fraction of sp³-hybridized carbons (Fsp3) is 0.350. The summed E-state index contributed by atoms with van der Waals surface area (Å²) in [7, 11) is 0. The maximum Gasteiger partial charge on any atom is 0.416 e. The number of hydrogen-bond donors (Lipinski definition) is 0. The van der Waals surface area contributed by atoms with Gasteiger partial charge < -0.3 is 9.80 Å². The fourth-order valence-electron chi connectivity index (χ4n) is 2.96. The zero-order chi connectivity index (χ0) is 20.9. The van der Waals surface area contributed by atoms with E-state index < -0.39 is 11.7 Å². The summed E-state index contributed by atoms with van der Waals surface area (Å²) in [6, 6.07) is 9.84. The predicted octanol–water partition coefficient (Wildman–Crippen LogP) is 3.32. The molecule has 9 heteroatoms. The fourth-order valence-corrected chi connectivity index (χ4v) is 3.80. The molecule has 1 saturated heterocycles. The van der Waals surface area contributed by atoms with Crippen LogP contribution in [0.25, 0.3) is 0 Å². The Morgan fingerprint density at radius 1 is 0.966 bits per heavy atom. The number of rotatable bonds is 5. The van der Waals surface area contributed by atoms with E-state index in [1.165, 1.54) is 23.9 Å². The van der Waals surface area contributed by atoms with Gasteiger partial charge in [0.2, 0.25) is 5.91 Å². The van der Waals surface area contributed by atoms with Crippen LogP contribution in [0.2, 0.25) is 0 Å². The van der Waals surface area contributed by atoms with Crippen LogP contribution >= 0.6 is 11.8 Å². The minimum atomic E-state index is -4.43. The zero-order valence-electron chi connectivity index (χ0n) is 15.6. The molecular weight excluding hydrogens is 403 g/mol. The molecule has 5 nitrogen and oxygen atoms in total. The summed E-state index contributed by atoms with van der Waals surface area (Å²) in [6.45, 7) is 1.54. The van der Waals surface area contributed by atoms with Crippen molar-refractivity contribution in [2.24, 2.45) is 0 Å². The quantitative estimate of drug-likeness (QED) is 0.741. The average molecular weight is 423 g/mol. The van der Waals surface area contributed by atoms with Crippen molar-refractivity contribution < 1.29 is 22.8 Å². The molecule has 0 atom stereocenters. The Bertz CT molecular complexity index is 836. The van der Waals surface area contributed by atoms with Crippen molar-refractivity contribution in [1.29, 1.82) is 0 Å². The summed E-state index contributed by atoms with van der Waals surface area (Å²) in [5, 5.41) is 0. The van der Waals surface area contributed by atoms with E-state index in [0.29, 0.717) is 37.7 Å². The molecule has 0 aliphatic carbocycles. The Morgan fingerprint density at radius 2 is 1.62 bits per heavy atom. The molecule has 3 rings (SSSR count). The van der Waals surface area contributed by atoms with E-state index in [4.69, 9.17) is 0 Å². The normalized spacial score (nSPS) is 14.7. The first-order valence-electron chi connectivity index (χ1n) is 9.06. The van der Waals surface area contributed by atoms with Gasteiger partial charge in [0.15, 0.2) is 0 Å². The lowest BCUT2D eigenvalue weighted by Gasteiger charge is -2.34. The predicted molar refractivity (Wildman–Crippen MR) is 104 cm³/mol. The summed E-state index contributed by atoms with van der Waals surface area (Å²) >= 11 is 1.49. The highest BCUT2D eigenvalue weighted by Gasteiger charge is 2.31. The Hall–Kier alpha value is -2.55.